The molecule has 196 valence electrons. The molecular weight excluding hydrogens is 452 g/mol. The van der Waals surface area contributed by atoms with Crippen molar-refractivity contribution in [3.63, 3.8) is 0 Å². The maximum absolute atomic E-state index is 12.3. The number of hydrogen-bond acceptors (Lipinski definition) is 6. The molecule has 35 heavy (non-hydrogen) atoms. The van der Waals surface area contributed by atoms with E-state index >= 15 is 0 Å². The Morgan fingerprint density at radius 3 is 1.43 bits per heavy atom. The first-order valence-electron chi connectivity index (χ1n) is 12.3. The smallest absolute Gasteiger partial charge is 0.339 e. The Morgan fingerprint density at radius 1 is 0.714 bits per heavy atom. The summed E-state index contributed by atoms with van der Waals surface area (Å²) in [4.78, 5) is 44.2. The van der Waals surface area contributed by atoms with Crippen molar-refractivity contribution in [3.8, 4) is 0 Å². The first-order chi connectivity index (χ1) is 16.7. The lowest BCUT2D eigenvalue weighted by Crippen LogP contribution is -2.15. The van der Waals surface area contributed by atoms with Crippen LogP contribution >= 0.6 is 0 Å². The van der Waals surface area contributed by atoms with Gasteiger partial charge in [-0.05, 0) is 25.0 Å². The Bertz CT molecular complexity index is 753. The SMILES string of the molecule is C=C(CC(=O)O)C(=O)O.CCCCCCCOC(=O)c1ccccc1C(=O)OCCCCCCC. The largest absolute Gasteiger partial charge is 0.481 e. The van der Waals surface area contributed by atoms with Gasteiger partial charge in [0.15, 0.2) is 0 Å². The molecule has 8 heteroatoms. The third-order valence-electron chi connectivity index (χ3n) is 5.00. The molecule has 0 atom stereocenters. The molecule has 0 aliphatic carbocycles. The molecular formula is C27H40O8. The van der Waals surface area contributed by atoms with Gasteiger partial charge in [-0.15, -0.1) is 0 Å². The van der Waals surface area contributed by atoms with Gasteiger partial charge < -0.3 is 19.7 Å². The molecule has 0 bridgehead atoms. The number of unbranched alkanes of at least 4 members (excludes halogenated alkanes) is 8. The summed E-state index contributed by atoms with van der Waals surface area (Å²) in [6.07, 6.45) is 10.4. The van der Waals surface area contributed by atoms with Crippen LogP contribution in [0, 0.1) is 0 Å². The zero-order valence-corrected chi connectivity index (χ0v) is 21.1. The summed E-state index contributed by atoms with van der Waals surface area (Å²) in [5.74, 6) is -3.34. The fourth-order valence-electron chi connectivity index (χ4n) is 2.99. The van der Waals surface area contributed by atoms with Crippen molar-refractivity contribution in [1.82, 2.24) is 0 Å². The van der Waals surface area contributed by atoms with Gasteiger partial charge in [0, 0.05) is 5.57 Å². The first kappa shape index (κ1) is 31.8. The van der Waals surface area contributed by atoms with Gasteiger partial charge in [0.05, 0.1) is 30.8 Å². The topological polar surface area (TPSA) is 127 Å². The second-order valence-electron chi connectivity index (χ2n) is 8.13. The number of hydrogen-bond donors (Lipinski definition) is 2. The van der Waals surface area contributed by atoms with Crippen LogP contribution in [0.15, 0.2) is 36.4 Å². The summed E-state index contributed by atoms with van der Waals surface area (Å²) >= 11 is 0. The number of esters is 2. The molecule has 0 heterocycles. The summed E-state index contributed by atoms with van der Waals surface area (Å²) in [6.45, 7) is 8.13. The Labute approximate surface area is 208 Å². The van der Waals surface area contributed by atoms with Crippen molar-refractivity contribution in [1.29, 1.82) is 0 Å². The van der Waals surface area contributed by atoms with Crippen molar-refractivity contribution in [2.45, 2.75) is 84.5 Å². The molecule has 1 aromatic carbocycles. The van der Waals surface area contributed by atoms with Crippen LogP contribution in [0.1, 0.15) is 105 Å². The lowest BCUT2D eigenvalue weighted by molar-refractivity contribution is -0.139. The number of carboxylic acids is 2. The molecule has 0 aromatic heterocycles. The van der Waals surface area contributed by atoms with Crippen molar-refractivity contribution >= 4 is 23.9 Å². The van der Waals surface area contributed by atoms with E-state index in [4.69, 9.17) is 19.7 Å². The Hall–Kier alpha value is -3.16. The minimum Gasteiger partial charge on any atom is -0.481 e. The number of benzene rings is 1. The van der Waals surface area contributed by atoms with Crippen LogP contribution in [-0.4, -0.2) is 47.3 Å². The average molecular weight is 493 g/mol. The quantitative estimate of drug-likeness (QED) is 0.153. The van der Waals surface area contributed by atoms with E-state index < -0.39 is 30.3 Å². The minimum absolute atomic E-state index is 0.289. The predicted molar refractivity (Wildman–Crippen MR) is 134 cm³/mol. The molecule has 8 nitrogen and oxygen atoms in total. The molecule has 0 spiro atoms. The zero-order valence-electron chi connectivity index (χ0n) is 21.1. The molecule has 2 N–H and O–H groups in total. The average Bonchev–Trinajstić information content (AvgIpc) is 2.83. The first-order valence-corrected chi connectivity index (χ1v) is 12.3. The van der Waals surface area contributed by atoms with Crippen LogP contribution in [0.5, 0.6) is 0 Å². The number of carbonyl (C=O) groups excluding carboxylic acids is 2. The molecule has 0 saturated heterocycles. The van der Waals surface area contributed by atoms with Crippen molar-refractivity contribution < 1.29 is 38.9 Å². The van der Waals surface area contributed by atoms with Crippen LogP contribution in [0.3, 0.4) is 0 Å². The van der Waals surface area contributed by atoms with Gasteiger partial charge in [0.25, 0.3) is 0 Å². The fourth-order valence-corrected chi connectivity index (χ4v) is 2.99. The third kappa shape index (κ3) is 16.2. The molecule has 0 fully saturated rings. The molecule has 0 aliphatic rings. The van der Waals surface area contributed by atoms with Gasteiger partial charge in [-0.2, -0.15) is 0 Å². The van der Waals surface area contributed by atoms with E-state index in [2.05, 4.69) is 20.4 Å². The molecule has 0 saturated carbocycles. The molecule has 1 aromatic rings. The molecule has 0 amide bonds. The normalized spacial score (nSPS) is 10.0. The van der Waals surface area contributed by atoms with Crippen molar-refractivity contribution in [3.05, 3.63) is 47.5 Å². The van der Waals surface area contributed by atoms with E-state index in [1.165, 1.54) is 25.7 Å². The summed E-state index contributed by atoms with van der Waals surface area (Å²) in [6, 6.07) is 6.72. The second kappa shape index (κ2) is 20.2. The highest BCUT2D eigenvalue weighted by Crippen LogP contribution is 2.13. The van der Waals surface area contributed by atoms with E-state index in [9.17, 15) is 19.2 Å². The van der Waals surface area contributed by atoms with Crippen molar-refractivity contribution in [2.75, 3.05) is 13.2 Å². The highest BCUT2D eigenvalue weighted by molar-refractivity contribution is 6.03. The van der Waals surface area contributed by atoms with Crippen LogP contribution in [-0.2, 0) is 19.1 Å². The van der Waals surface area contributed by atoms with E-state index in [1.54, 1.807) is 24.3 Å². The number of carbonyl (C=O) groups is 4. The number of carboxylic acid groups (broad SMARTS) is 2. The molecule has 0 aliphatic heterocycles. The number of aliphatic carboxylic acids is 2. The lowest BCUT2D eigenvalue weighted by atomic mass is 10.1. The summed E-state index contributed by atoms with van der Waals surface area (Å²) in [7, 11) is 0. The highest BCUT2D eigenvalue weighted by atomic mass is 16.5. The van der Waals surface area contributed by atoms with Crippen LogP contribution in [0.2, 0.25) is 0 Å². The Morgan fingerprint density at radius 2 is 1.11 bits per heavy atom. The van der Waals surface area contributed by atoms with Gasteiger partial charge >= 0.3 is 23.9 Å². The van der Waals surface area contributed by atoms with Crippen molar-refractivity contribution in [2.24, 2.45) is 0 Å². The standard InChI is InChI=1S/C22H34O4.C5H6O4/c1-3-5-7-9-13-17-25-21(23)19-15-11-12-16-20(19)22(24)26-18-14-10-8-6-4-2;1-3(5(8)9)2-4(6)7/h11-12,15-16H,3-10,13-14,17-18H2,1-2H3;1-2H2,(H,6,7)(H,8,9). The van der Waals surface area contributed by atoms with Crippen LogP contribution < -0.4 is 0 Å². The summed E-state index contributed by atoms with van der Waals surface area (Å²) < 4.78 is 10.6. The summed E-state index contributed by atoms with van der Waals surface area (Å²) in [5.41, 5.74) is 0.275. The Balaban J connectivity index is 0.00000109. The van der Waals surface area contributed by atoms with Gasteiger partial charge in [0.2, 0.25) is 0 Å². The van der Waals surface area contributed by atoms with Crippen LogP contribution in [0.25, 0.3) is 0 Å². The van der Waals surface area contributed by atoms with Gasteiger partial charge in [0.1, 0.15) is 0 Å². The Kier molecular flexibility index (Phi) is 18.4. The number of ether oxygens (including phenoxy) is 2. The van der Waals surface area contributed by atoms with Gasteiger partial charge in [-0.25, -0.2) is 14.4 Å². The van der Waals surface area contributed by atoms with Crippen LogP contribution in [0.4, 0.5) is 0 Å². The fraction of sp³-hybridized carbons (Fsp3) is 0.556. The van der Waals surface area contributed by atoms with Gasteiger partial charge in [-0.1, -0.05) is 83.9 Å². The molecule has 0 radical (unpaired) electrons. The maximum atomic E-state index is 12.3. The van der Waals surface area contributed by atoms with E-state index in [0.29, 0.717) is 13.2 Å². The molecule has 0 unspecified atom stereocenters. The monoisotopic (exact) mass is 492 g/mol. The predicted octanol–water partition coefficient (Wildman–Crippen LogP) is 6.04. The van der Waals surface area contributed by atoms with Gasteiger partial charge in [-0.3, -0.25) is 4.79 Å². The minimum atomic E-state index is -1.27. The lowest BCUT2D eigenvalue weighted by Gasteiger charge is -2.10. The van der Waals surface area contributed by atoms with E-state index in [0.717, 1.165) is 38.5 Å². The zero-order chi connectivity index (χ0) is 26.5. The van der Waals surface area contributed by atoms with E-state index in [1.807, 2.05) is 0 Å². The second-order valence-corrected chi connectivity index (χ2v) is 8.13. The molecule has 1 rings (SSSR count). The maximum Gasteiger partial charge on any atom is 0.339 e. The summed E-state index contributed by atoms with van der Waals surface area (Å²) in [5, 5.41) is 16.1. The third-order valence-corrected chi connectivity index (χ3v) is 5.00. The van der Waals surface area contributed by atoms with E-state index in [-0.39, 0.29) is 16.7 Å². The highest BCUT2D eigenvalue weighted by Gasteiger charge is 2.18. The number of rotatable bonds is 17.